The lowest BCUT2D eigenvalue weighted by Crippen LogP contribution is -2.44. The maximum atomic E-state index is 11.4. The van der Waals surface area contributed by atoms with Gasteiger partial charge in [-0.25, -0.2) is 0 Å². The van der Waals surface area contributed by atoms with Gasteiger partial charge in [0.15, 0.2) is 0 Å². The second kappa shape index (κ2) is 8.80. The lowest BCUT2D eigenvalue weighted by Gasteiger charge is -2.40. The number of rotatable bonds is 4. The van der Waals surface area contributed by atoms with Crippen molar-refractivity contribution in [2.45, 2.75) is 44.6 Å². The molecule has 2 aliphatic rings. The summed E-state index contributed by atoms with van der Waals surface area (Å²) in [5, 5.41) is 2.86. The molecule has 2 aromatic rings. The topological polar surface area (TPSA) is 67.4 Å². The first kappa shape index (κ1) is 19.0. The molecule has 28 heavy (non-hydrogen) atoms. The van der Waals surface area contributed by atoms with E-state index >= 15 is 0 Å². The van der Waals surface area contributed by atoms with Gasteiger partial charge in [0.05, 0.1) is 11.4 Å². The second-order valence-corrected chi connectivity index (χ2v) is 7.73. The van der Waals surface area contributed by atoms with Gasteiger partial charge in [-0.05, 0) is 44.4 Å². The van der Waals surface area contributed by atoms with Gasteiger partial charge in [0.25, 0.3) is 0 Å². The quantitative estimate of drug-likeness (QED) is 0.880. The van der Waals surface area contributed by atoms with Crippen molar-refractivity contribution in [2.75, 3.05) is 31.6 Å². The molecule has 1 N–H and O–H groups in total. The van der Waals surface area contributed by atoms with Crippen LogP contribution < -0.4 is 5.32 Å². The highest BCUT2D eigenvalue weighted by Gasteiger charge is 2.30. The zero-order valence-corrected chi connectivity index (χ0v) is 16.4. The van der Waals surface area contributed by atoms with E-state index in [1.54, 1.807) is 12.4 Å². The molecule has 0 radical (unpaired) electrons. The molecule has 2 saturated heterocycles. The Morgan fingerprint density at radius 2 is 2.00 bits per heavy atom. The fourth-order valence-electron chi connectivity index (χ4n) is 4.43. The van der Waals surface area contributed by atoms with Crippen LogP contribution in [-0.4, -0.2) is 53.1 Å². The molecule has 1 amide bonds. The van der Waals surface area contributed by atoms with Gasteiger partial charge in [0.1, 0.15) is 0 Å². The molecule has 2 aliphatic heterocycles. The summed E-state index contributed by atoms with van der Waals surface area (Å²) in [6.07, 6.45) is 8.12. The fourth-order valence-corrected chi connectivity index (χ4v) is 4.43. The van der Waals surface area contributed by atoms with E-state index in [2.05, 4.69) is 15.2 Å². The van der Waals surface area contributed by atoms with Crippen molar-refractivity contribution in [3.8, 4) is 11.3 Å². The number of amides is 1. The number of nitrogens with zero attached hydrogens (tertiary/aromatic N) is 3. The number of benzene rings is 1. The van der Waals surface area contributed by atoms with Crippen LogP contribution in [0.4, 0.5) is 5.69 Å². The SMILES string of the molecule is CC(=O)Nc1cccc(-c2nccnc2C2CCCN(C3CCOCC3)C2)c1. The molecule has 1 aromatic heterocycles. The Bertz CT molecular complexity index is 820. The zero-order valence-electron chi connectivity index (χ0n) is 16.4. The molecule has 0 saturated carbocycles. The summed E-state index contributed by atoms with van der Waals surface area (Å²) < 4.78 is 5.54. The summed E-state index contributed by atoms with van der Waals surface area (Å²) >= 11 is 0. The van der Waals surface area contributed by atoms with Crippen molar-refractivity contribution in [3.63, 3.8) is 0 Å². The highest BCUT2D eigenvalue weighted by molar-refractivity contribution is 5.89. The number of nitrogens with one attached hydrogen (secondary N) is 1. The largest absolute Gasteiger partial charge is 0.381 e. The number of anilines is 1. The molecule has 3 heterocycles. The normalized spacial score (nSPS) is 21.4. The first-order chi connectivity index (χ1) is 13.7. The van der Waals surface area contributed by atoms with E-state index in [1.165, 1.54) is 13.3 Å². The molecule has 1 aromatic carbocycles. The van der Waals surface area contributed by atoms with Crippen LogP contribution in [-0.2, 0) is 9.53 Å². The van der Waals surface area contributed by atoms with E-state index in [4.69, 9.17) is 9.72 Å². The van der Waals surface area contributed by atoms with E-state index < -0.39 is 0 Å². The summed E-state index contributed by atoms with van der Waals surface area (Å²) in [4.78, 5) is 23.5. The van der Waals surface area contributed by atoms with Crippen molar-refractivity contribution in [2.24, 2.45) is 0 Å². The third-order valence-corrected chi connectivity index (χ3v) is 5.73. The number of piperidine rings is 1. The van der Waals surface area contributed by atoms with Crippen molar-refractivity contribution in [1.29, 1.82) is 0 Å². The lowest BCUT2D eigenvalue weighted by atomic mass is 9.89. The molecule has 0 spiro atoms. The van der Waals surface area contributed by atoms with Gasteiger partial charge in [0.2, 0.25) is 5.91 Å². The van der Waals surface area contributed by atoms with Gasteiger partial charge in [-0.3, -0.25) is 19.7 Å². The van der Waals surface area contributed by atoms with Crippen molar-refractivity contribution in [3.05, 3.63) is 42.4 Å². The van der Waals surface area contributed by atoms with Gasteiger partial charge in [-0.2, -0.15) is 0 Å². The van der Waals surface area contributed by atoms with Crippen LogP contribution in [0.15, 0.2) is 36.7 Å². The van der Waals surface area contributed by atoms with Crippen LogP contribution in [0.2, 0.25) is 0 Å². The number of likely N-dealkylation sites (tertiary alicyclic amines) is 1. The molecule has 4 rings (SSSR count). The predicted molar refractivity (Wildman–Crippen MR) is 109 cm³/mol. The molecular formula is C22H28N4O2. The highest BCUT2D eigenvalue weighted by Crippen LogP contribution is 2.34. The van der Waals surface area contributed by atoms with Crippen LogP contribution in [0.25, 0.3) is 11.3 Å². The van der Waals surface area contributed by atoms with Crippen molar-refractivity contribution in [1.82, 2.24) is 14.9 Å². The molecule has 0 bridgehead atoms. The third kappa shape index (κ3) is 4.39. The number of hydrogen-bond donors (Lipinski definition) is 1. The predicted octanol–water partition coefficient (Wildman–Crippen LogP) is 3.46. The van der Waals surface area contributed by atoms with Crippen LogP contribution in [0.1, 0.15) is 44.2 Å². The van der Waals surface area contributed by atoms with Gasteiger partial charge in [-0.15, -0.1) is 0 Å². The molecule has 1 unspecified atom stereocenters. The summed E-state index contributed by atoms with van der Waals surface area (Å²) in [5.41, 5.74) is 3.78. The second-order valence-electron chi connectivity index (χ2n) is 7.73. The highest BCUT2D eigenvalue weighted by atomic mass is 16.5. The van der Waals surface area contributed by atoms with Gasteiger partial charge in [-0.1, -0.05) is 12.1 Å². The standard InChI is InChI=1S/C22H28N4O2/c1-16(27)25-19-6-2-4-17(14-19)21-22(24-10-9-23-21)18-5-3-11-26(15-18)20-7-12-28-13-8-20/h2,4,6,9-10,14,18,20H,3,5,7-8,11-13,15H2,1H3,(H,25,27). The van der Waals surface area contributed by atoms with Crippen LogP contribution in [0.3, 0.4) is 0 Å². The molecule has 2 fully saturated rings. The average Bonchev–Trinajstić information content (AvgIpc) is 2.74. The number of aromatic nitrogens is 2. The molecule has 6 nitrogen and oxygen atoms in total. The maximum Gasteiger partial charge on any atom is 0.221 e. The number of hydrogen-bond acceptors (Lipinski definition) is 5. The van der Waals surface area contributed by atoms with Gasteiger partial charge < -0.3 is 10.1 Å². The molecule has 0 aliphatic carbocycles. The first-order valence-electron chi connectivity index (χ1n) is 10.2. The molecule has 6 heteroatoms. The van der Waals surface area contributed by atoms with E-state index in [-0.39, 0.29) is 5.91 Å². The Balaban J connectivity index is 1.58. The third-order valence-electron chi connectivity index (χ3n) is 5.73. The van der Waals surface area contributed by atoms with E-state index in [1.807, 2.05) is 24.3 Å². The monoisotopic (exact) mass is 380 g/mol. The Hall–Kier alpha value is -2.31. The molecule has 1 atom stereocenters. The Labute approximate surface area is 166 Å². The zero-order chi connectivity index (χ0) is 19.3. The Morgan fingerprint density at radius 3 is 2.82 bits per heavy atom. The summed E-state index contributed by atoms with van der Waals surface area (Å²) in [7, 11) is 0. The minimum atomic E-state index is -0.0732. The first-order valence-corrected chi connectivity index (χ1v) is 10.2. The number of ether oxygens (including phenoxy) is 1. The van der Waals surface area contributed by atoms with E-state index in [9.17, 15) is 4.79 Å². The fraction of sp³-hybridized carbons (Fsp3) is 0.500. The van der Waals surface area contributed by atoms with Gasteiger partial charge in [0, 0.05) is 62.3 Å². The maximum absolute atomic E-state index is 11.4. The van der Waals surface area contributed by atoms with E-state index in [0.29, 0.717) is 12.0 Å². The number of carbonyl (C=O) groups is 1. The van der Waals surface area contributed by atoms with Crippen LogP contribution >= 0.6 is 0 Å². The Morgan fingerprint density at radius 1 is 1.18 bits per heavy atom. The Kier molecular flexibility index (Phi) is 5.98. The van der Waals surface area contributed by atoms with Gasteiger partial charge >= 0.3 is 0 Å². The van der Waals surface area contributed by atoms with Crippen molar-refractivity contribution < 1.29 is 9.53 Å². The minimum Gasteiger partial charge on any atom is -0.381 e. The number of carbonyl (C=O) groups excluding carboxylic acids is 1. The lowest BCUT2D eigenvalue weighted by molar-refractivity contribution is -0.114. The molecular weight excluding hydrogens is 352 g/mol. The summed E-state index contributed by atoms with van der Waals surface area (Å²) in [6, 6.07) is 8.49. The molecule has 148 valence electrons. The summed E-state index contributed by atoms with van der Waals surface area (Å²) in [6.45, 7) is 5.46. The van der Waals surface area contributed by atoms with E-state index in [0.717, 1.165) is 68.2 Å². The summed E-state index contributed by atoms with van der Waals surface area (Å²) in [5.74, 6) is 0.306. The average molecular weight is 380 g/mol. The van der Waals surface area contributed by atoms with Crippen LogP contribution in [0, 0.1) is 0 Å². The van der Waals surface area contributed by atoms with Crippen LogP contribution in [0.5, 0.6) is 0 Å². The minimum absolute atomic E-state index is 0.0732. The smallest absolute Gasteiger partial charge is 0.221 e. The van der Waals surface area contributed by atoms with Crippen molar-refractivity contribution >= 4 is 11.6 Å².